The van der Waals surface area contributed by atoms with Gasteiger partial charge in [0.05, 0.1) is 12.7 Å². The monoisotopic (exact) mass is 270 g/mol. The molecule has 5 heteroatoms. The van der Waals surface area contributed by atoms with Crippen molar-refractivity contribution in [2.24, 2.45) is 0 Å². The van der Waals surface area contributed by atoms with Gasteiger partial charge in [0, 0.05) is 11.6 Å². The topological polar surface area (TPSA) is 26.3 Å². The summed E-state index contributed by atoms with van der Waals surface area (Å²) in [5, 5.41) is 0. The lowest BCUT2D eigenvalue weighted by Crippen LogP contribution is -2.46. The molecule has 102 valence electrons. The summed E-state index contributed by atoms with van der Waals surface area (Å²) >= 11 is 0. The second-order valence-electron chi connectivity index (χ2n) is 4.76. The van der Waals surface area contributed by atoms with E-state index in [1.165, 1.54) is 12.1 Å². The van der Waals surface area contributed by atoms with Gasteiger partial charge in [-0.05, 0) is 13.8 Å². The quantitative estimate of drug-likeness (QED) is 0.780. The largest absolute Gasteiger partial charge is 0.480 e. The molecule has 1 aromatic carbocycles. The van der Waals surface area contributed by atoms with Crippen LogP contribution in [0.15, 0.2) is 30.5 Å². The van der Waals surface area contributed by atoms with Crippen LogP contribution in [-0.2, 0) is 15.1 Å². The molecule has 1 atom stereocenters. The van der Waals surface area contributed by atoms with Crippen molar-refractivity contribution in [3.05, 3.63) is 47.2 Å². The number of halogens is 3. The molecule has 0 radical (unpaired) electrons. The van der Waals surface area contributed by atoms with Crippen molar-refractivity contribution in [3.63, 3.8) is 0 Å². The molecule has 1 aliphatic rings. The maximum absolute atomic E-state index is 13.4. The van der Waals surface area contributed by atoms with Crippen LogP contribution in [0.25, 0.3) is 0 Å². The van der Waals surface area contributed by atoms with Crippen LogP contribution < -0.4 is 0 Å². The summed E-state index contributed by atoms with van der Waals surface area (Å²) in [6, 6.07) is 4.59. The average molecular weight is 270 g/mol. The van der Waals surface area contributed by atoms with E-state index in [1.54, 1.807) is 19.9 Å². The molecule has 2 rings (SSSR count). The van der Waals surface area contributed by atoms with Crippen LogP contribution in [0.1, 0.15) is 23.1 Å². The van der Waals surface area contributed by atoms with E-state index in [1.807, 2.05) is 0 Å². The molecule has 1 heterocycles. The van der Waals surface area contributed by atoms with Crippen molar-refractivity contribution >= 4 is 5.78 Å². The zero-order valence-electron chi connectivity index (χ0n) is 10.5. The van der Waals surface area contributed by atoms with E-state index >= 15 is 0 Å². The number of alkyl halides is 3. The third kappa shape index (κ3) is 2.37. The van der Waals surface area contributed by atoms with Crippen molar-refractivity contribution in [3.8, 4) is 0 Å². The molecule has 1 unspecified atom stereocenters. The van der Waals surface area contributed by atoms with Crippen molar-refractivity contribution in [2.75, 3.05) is 0 Å². The van der Waals surface area contributed by atoms with E-state index in [2.05, 4.69) is 0 Å². The van der Waals surface area contributed by atoms with Crippen molar-refractivity contribution in [2.45, 2.75) is 32.0 Å². The molecule has 1 aromatic rings. The zero-order chi connectivity index (χ0) is 14.3. The second-order valence-corrected chi connectivity index (χ2v) is 4.76. The molecule has 0 saturated heterocycles. The highest BCUT2D eigenvalue weighted by atomic mass is 19.4. The molecule has 0 amide bonds. The Hall–Kier alpha value is -1.78. The number of ether oxygens (including phenoxy) is 1. The summed E-state index contributed by atoms with van der Waals surface area (Å²) in [5.74, 6) is -0.595. The lowest BCUT2D eigenvalue weighted by Gasteiger charge is -2.36. The normalized spacial score (nSPS) is 23.3. The van der Waals surface area contributed by atoms with Gasteiger partial charge in [-0.3, -0.25) is 4.79 Å². The standard InChI is InChI=1S/C14H13F3O2/c1-9-5-10(2)7-11(6-9)13(14(15,16)17)8-12(18)3-4-19-13/h3-7H,8H2,1-2H3. The highest BCUT2D eigenvalue weighted by Crippen LogP contribution is 2.47. The number of ketones is 1. The highest BCUT2D eigenvalue weighted by Gasteiger charge is 2.59. The third-order valence-electron chi connectivity index (χ3n) is 3.09. The van der Waals surface area contributed by atoms with Crippen molar-refractivity contribution in [1.82, 2.24) is 0 Å². The van der Waals surface area contributed by atoms with Gasteiger partial charge in [-0.2, -0.15) is 13.2 Å². The fourth-order valence-corrected chi connectivity index (χ4v) is 2.28. The average Bonchev–Trinajstić information content (AvgIpc) is 2.26. The number of carbonyl (C=O) groups excluding carboxylic acids is 1. The van der Waals surface area contributed by atoms with Crippen LogP contribution >= 0.6 is 0 Å². The molecule has 0 N–H and O–H groups in total. The smallest absolute Gasteiger partial charge is 0.433 e. The van der Waals surface area contributed by atoms with Crippen LogP contribution in [0.4, 0.5) is 13.2 Å². The summed E-state index contributed by atoms with van der Waals surface area (Å²) < 4.78 is 45.1. The van der Waals surface area contributed by atoms with Crippen LogP contribution in [-0.4, -0.2) is 12.0 Å². The minimum absolute atomic E-state index is 0.0322. The Labute approximate surface area is 108 Å². The first-order valence-electron chi connectivity index (χ1n) is 5.77. The first-order valence-corrected chi connectivity index (χ1v) is 5.77. The Balaban J connectivity index is 2.62. The molecular formula is C14H13F3O2. The van der Waals surface area contributed by atoms with Gasteiger partial charge in [0.15, 0.2) is 5.78 Å². The van der Waals surface area contributed by atoms with Crippen molar-refractivity contribution in [1.29, 1.82) is 0 Å². The molecule has 0 fully saturated rings. The number of rotatable bonds is 1. The van der Waals surface area contributed by atoms with Gasteiger partial charge in [0.25, 0.3) is 0 Å². The summed E-state index contributed by atoms with van der Waals surface area (Å²) in [6.07, 6.45) is -3.53. The lowest BCUT2D eigenvalue weighted by molar-refractivity contribution is -0.270. The van der Waals surface area contributed by atoms with Crippen LogP contribution in [0.2, 0.25) is 0 Å². The van der Waals surface area contributed by atoms with Gasteiger partial charge >= 0.3 is 6.18 Å². The number of benzene rings is 1. The Morgan fingerprint density at radius 1 is 1.16 bits per heavy atom. The van der Waals surface area contributed by atoms with Crippen molar-refractivity contribution < 1.29 is 22.7 Å². The molecule has 0 bridgehead atoms. The number of carbonyl (C=O) groups is 1. The number of aryl methyl sites for hydroxylation is 2. The van der Waals surface area contributed by atoms with E-state index in [4.69, 9.17) is 4.74 Å². The Morgan fingerprint density at radius 3 is 2.21 bits per heavy atom. The minimum atomic E-state index is -4.66. The molecule has 0 saturated carbocycles. The van der Waals surface area contributed by atoms with Gasteiger partial charge in [0.2, 0.25) is 5.60 Å². The van der Waals surface area contributed by atoms with Crippen LogP contribution in [0, 0.1) is 13.8 Å². The molecule has 0 aliphatic carbocycles. The van der Waals surface area contributed by atoms with E-state index in [9.17, 15) is 18.0 Å². The summed E-state index contributed by atoms with van der Waals surface area (Å²) in [7, 11) is 0. The number of hydrogen-bond acceptors (Lipinski definition) is 2. The Kier molecular flexibility index (Phi) is 3.16. The summed E-state index contributed by atoms with van der Waals surface area (Å²) in [4.78, 5) is 11.4. The summed E-state index contributed by atoms with van der Waals surface area (Å²) in [5.41, 5.74) is -1.21. The molecule has 0 spiro atoms. The minimum Gasteiger partial charge on any atom is -0.480 e. The predicted molar refractivity (Wildman–Crippen MR) is 63.5 cm³/mol. The van der Waals surface area contributed by atoms with E-state index in [0.29, 0.717) is 11.1 Å². The van der Waals surface area contributed by atoms with Gasteiger partial charge in [-0.25, -0.2) is 0 Å². The Morgan fingerprint density at radius 2 is 1.74 bits per heavy atom. The Bertz CT molecular complexity index is 526. The van der Waals surface area contributed by atoms with Crippen LogP contribution in [0.3, 0.4) is 0 Å². The lowest BCUT2D eigenvalue weighted by atomic mass is 9.85. The maximum atomic E-state index is 13.4. The molecule has 19 heavy (non-hydrogen) atoms. The summed E-state index contributed by atoms with van der Waals surface area (Å²) in [6.45, 7) is 3.42. The first-order chi connectivity index (χ1) is 8.74. The third-order valence-corrected chi connectivity index (χ3v) is 3.09. The predicted octanol–water partition coefficient (Wildman–Crippen LogP) is 3.56. The fraction of sp³-hybridized carbons (Fsp3) is 0.357. The van der Waals surface area contributed by atoms with E-state index in [-0.39, 0.29) is 5.56 Å². The maximum Gasteiger partial charge on any atom is 0.433 e. The molecule has 0 aromatic heterocycles. The van der Waals surface area contributed by atoms with Gasteiger partial charge in [-0.1, -0.05) is 29.3 Å². The van der Waals surface area contributed by atoms with E-state index in [0.717, 1.165) is 12.3 Å². The molecule has 2 nitrogen and oxygen atoms in total. The highest BCUT2D eigenvalue weighted by molar-refractivity contribution is 5.91. The SMILES string of the molecule is Cc1cc(C)cc(C2(C(F)(F)F)CC(=O)C=CO2)c1. The zero-order valence-corrected chi connectivity index (χ0v) is 10.5. The van der Waals surface area contributed by atoms with Gasteiger partial charge < -0.3 is 4.74 Å². The van der Waals surface area contributed by atoms with Gasteiger partial charge in [-0.15, -0.1) is 0 Å². The fourth-order valence-electron chi connectivity index (χ4n) is 2.28. The van der Waals surface area contributed by atoms with Gasteiger partial charge in [0.1, 0.15) is 0 Å². The van der Waals surface area contributed by atoms with E-state index < -0.39 is 24.0 Å². The molecular weight excluding hydrogens is 257 g/mol. The number of hydrogen-bond donors (Lipinski definition) is 0. The number of allylic oxidation sites excluding steroid dienone is 1. The van der Waals surface area contributed by atoms with Crippen LogP contribution in [0.5, 0.6) is 0 Å². The second kappa shape index (κ2) is 4.40. The molecule has 1 aliphatic heterocycles. The first kappa shape index (κ1) is 13.6.